The van der Waals surface area contributed by atoms with E-state index in [0.717, 1.165) is 70.1 Å². The van der Waals surface area contributed by atoms with Gasteiger partial charge in [0.1, 0.15) is 17.1 Å². The first-order valence-corrected chi connectivity index (χ1v) is 14.9. The van der Waals surface area contributed by atoms with E-state index in [1.807, 2.05) is 31.6 Å². The normalized spacial score (nSPS) is 15.7. The van der Waals surface area contributed by atoms with Crippen molar-refractivity contribution < 1.29 is 18.7 Å². The minimum atomic E-state index is -0.582. The van der Waals surface area contributed by atoms with Crippen LogP contribution in [0.3, 0.4) is 0 Å². The van der Waals surface area contributed by atoms with Crippen LogP contribution in [0.25, 0.3) is 44.6 Å². The number of carbonyl (C=O) groups is 1. The zero-order valence-electron chi connectivity index (χ0n) is 25.3. The summed E-state index contributed by atoms with van der Waals surface area (Å²) < 4.78 is 27.5. The molecule has 1 atom stereocenters. The van der Waals surface area contributed by atoms with Crippen LogP contribution in [-0.2, 0) is 22.4 Å². The number of aromatic amines is 1. The molecule has 10 heteroatoms. The van der Waals surface area contributed by atoms with Crippen molar-refractivity contribution >= 4 is 28.0 Å². The zero-order valence-corrected chi connectivity index (χ0v) is 25.3. The number of ether oxygens (including phenoxy) is 2. The summed E-state index contributed by atoms with van der Waals surface area (Å²) in [7, 11) is 0. The fourth-order valence-electron chi connectivity index (χ4n) is 5.71. The summed E-state index contributed by atoms with van der Waals surface area (Å²) in [5.41, 5.74) is 7.15. The molecule has 1 aliphatic rings. The molecule has 5 aromatic rings. The molecule has 1 aliphatic heterocycles. The van der Waals surface area contributed by atoms with Crippen molar-refractivity contribution in [2.45, 2.75) is 78.7 Å². The maximum Gasteiger partial charge on any atom is 0.407 e. The van der Waals surface area contributed by atoms with Crippen LogP contribution in [0.5, 0.6) is 0 Å². The predicted molar refractivity (Wildman–Crippen MR) is 164 cm³/mol. The number of nitrogens with one attached hydrogen (secondary N) is 2. The van der Waals surface area contributed by atoms with Crippen LogP contribution in [0.4, 0.5) is 9.18 Å². The molecule has 0 aliphatic carbocycles. The molecular formula is C33H37FN6O3. The standard InChI is InChI=1S/C33H37FN6O3/c1-6-25-24(18-36-32(41)43-33(3,4)5)19(2)23(17-35-25)20-10-13-28-22(15-20)30(39-40(28)29-9-7-8-14-42-29)31-37-26-12-11-21(34)16-27(26)38-31/h10-13,15-17,29H,6-9,14,18H2,1-5H3,(H,36,41)(H,37,38)/t29-/m0/s1. The van der Waals surface area contributed by atoms with Gasteiger partial charge in [-0.25, -0.2) is 18.9 Å². The topological polar surface area (TPSA) is 107 Å². The molecule has 224 valence electrons. The summed E-state index contributed by atoms with van der Waals surface area (Å²) in [4.78, 5) is 25.2. The van der Waals surface area contributed by atoms with Gasteiger partial charge in [0.25, 0.3) is 0 Å². The average molecular weight is 585 g/mol. The van der Waals surface area contributed by atoms with Crippen LogP contribution in [0.1, 0.15) is 70.0 Å². The second-order valence-electron chi connectivity index (χ2n) is 12.0. The molecule has 1 amide bonds. The lowest BCUT2D eigenvalue weighted by atomic mass is 9.95. The molecule has 0 bridgehead atoms. The van der Waals surface area contributed by atoms with Gasteiger partial charge in [-0.15, -0.1) is 0 Å². The van der Waals surface area contributed by atoms with E-state index >= 15 is 0 Å². The third kappa shape index (κ3) is 5.84. The highest BCUT2D eigenvalue weighted by Gasteiger charge is 2.24. The molecule has 43 heavy (non-hydrogen) atoms. The number of hydrogen-bond donors (Lipinski definition) is 2. The van der Waals surface area contributed by atoms with Crippen LogP contribution in [0.2, 0.25) is 0 Å². The Morgan fingerprint density at radius 3 is 2.79 bits per heavy atom. The van der Waals surface area contributed by atoms with Crippen LogP contribution >= 0.6 is 0 Å². The van der Waals surface area contributed by atoms with E-state index in [1.165, 1.54) is 12.1 Å². The van der Waals surface area contributed by atoms with Gasteiger partial charge in [0.2, 0.25) is 0 Å². The first-order chi connectivity index (χ1) is 20.6. The summed E-state index contributed by atoms with van der Waals surface area (Å²) in [5.74, 6) is 0.227. The number of halogens is 1. The van der Waals surface area contributed by atoms with Crippen LogP contribution in [0, 0.1) is 12.7 Å². The minimum Gasteiger partial charge on any atom is -0.444 e. The molecule has 9 nitrogen and oxygen atoms in total. The van der Waals surface area contributed by atoms with Gasteiger partial charge in [-0.2, -0.15) is 5.10 Å². The number of hydrogen-bond acceptors (Lipinski definition) is 6. The van der Waals surface area contributed by atoms with E-state index < -0.39 is 11.7 Å². The largest absolute Gasteiger partial charge is 0.444 e. The molecule has 4 heterocycles. The Hall–Kier alpha value is -4.31. The van der Waals surface area contributed by atoms with Crippen molar-refractivity contribution in [1.82, 2.24) is 30.0 Å². The molecule has 2 aromatic carbocycles. The van der Waals surface area contributed by atoms with E-state index in [-0.39, 0.29) is 12.0 Å². The number of amides is 1. The summed E-state index contributed by atoms with van der Waals surface area (Å²) in [6, 6.07) is 10.8. The minimum absolute atomic E-state index is 0.171. The Kier molecular flexibility index (Phi) is 7.64. The summed E-state index contributed by atoms with van der Waals surface area (Å²) >= 11 is 0. The van der Waals surface area contributed by atoms with Crippen LogP contribution in [0.15, 0.2) is 42.6 Å². The number of nitrogens with zero attached hydrogens (tertiary/aromatic N) is 4. The number of aromatic nitrogens is 5. The van der Waals surface area contributed by atoms with Crippen molar-refractivity contribution in [3.05, 3.63) is 65.2 Å². The van der Waals surface area contributed by atoms with E-state index in [0.29, 0.717) is 30.2 Å². The summed E-state index contributed by atoms with van der Waals surface area (Å²) in [6.45, 7) is 10.6. The molecule has 1 fully saturated rings. The fourth-order valence-corrected chi connectivity index (χ4v) is 5.71. The van der Waals surface area contributed by atoms with E-state index in [2.05, 4.69) is 42.3 Å². The number of fused-ring (bicyclic) bond motifs is 2. The number of alkyl carbamates (subject to hydrolysis) is 1. The van der Waals surface area contributed by atoms with Gasteiger partial charge in [-0.05, 0) is 94.3 Å². The average Bonchev–Trinajstić information content (AvgIpc) is 3.56. The van der Waals surface area contributed by atoms with E-state index in [9.17, 15) is 9.18 Å². The van der Waals surface area contributed by atoms with Crippen molar-refractivity contribution in [3.63, 3.8) is 0 Å². The molecule has 3 aromatic heterocycles. The number of aryl methyl sites for hydroxylation is 1. The van der Waals surface area contributed by atoms with Gasteiger partial charge in [0.05, 0.1) is 16.6 Å². The van der Waals surface area contributed by atoms with Gasteiger partial charge in [-0.1, -0.05) is 13.0 Å². The Morgan fingerprint density at radius 1 is 1.21 bits per heavy atom. The quantitative estimate of drug-likeness (QED) is 0.216. The molecule has 1 saturated heterocycles. The fraction of sp³-hybridized carbons (Fsp3) is 0.394. The molecular weight excluding hydrogens is 547 g/mol. The van der Waals surface area contributed by atoms with Crippen molar-refractivity contribution in [1.29, 1.82) is 0 Å². The van der Waals surface area contributed by atoms with Crippen molar-refractivity contribution in [2.24, 2.45) is 0 Å². The van der Waals surface area contributed by atoms with E-state index in [1.54, 1.807) is 6.07 Å². The highest BCUT2D eigenvalue weighted by Crippen LogP contribution is 2.36. The lowest BCUT2D eigenvalue weighted by Crippen LogP contribution is -2.32. The zero-order chi connectivity index (χ0) is 30.3. The second kappa shape index (κ2) is 11.4. The summed E-state index contributed by atoms with van der Waals surface area (Å²) in [6.07, 6.45) is 4.97. The maximum absolute atomic E-state index is 14.0. The Morgan fingerprint density at radius 2 is 2.05 bits per heavy atom. The monoisotopic (exact) mass is 584 g/mol. The molecule has 0 saturated carbocycles. The lowest BCUT2D eigenvalue weighted by Gasteiger charge is -2.23. The van der Waals surface area contributed by atoms with Gasteiger partial charge < -0.3 is 19.8 Å². The first-order valence-electron chi connectivity index (χ1n) is 14.9. The Balaban J connectivity index is 1.44. The van der Waals surface area contributed by atoms with Gasteiger partial charge in [0, 0.05) is 42.1 Å². The van der Waals surface area contributed by atoms with Crippen LogP contribution in [-0.4, -0.2) is 43.0 Å². The molecule has 6 rings (SSSR count). The highest BCUT2D eigenvalue weighted by molar-refractivity contribution is 5.96. The maximum atomic E-state index is 14.0. The number of imidazole rings is 1. The molecule has 2 N–H and O–H groups in total. The number of benzene rings is 2. The summed E-state index contributed by atoms with van der Waals surface area (Å²) in [5, 5.41) is 8.81. The van der Waals surface area contributed by atoms with Gasteiger partial charge in [-0.3, -0.25) is 4.98 Å². The second-order valence-corrected chi connectivity index (χ2v) is 12.0. The van der Waals surface area contributed by atoms with Crippen molar-refractivity contribution in [3.8, 4) is 22.6 Å². The molecule has 0 unspecified atom stereocenters. The van der Waals surface area contributed by atoms with Gasteiger partial charge in [0.15, 0.2) is 12.1 Å². The molecule has 0 spiro atoms. The van der Waals surface area contributed by atoms with Crippen LogP contribution < -0.4 is 5.32 Å². The third-order valence-electron chi connectivity index (χ3n) is 7.81. The van der Waals surface area contributed by atoms with Crippen molar-refractivity contribution in [2.75, 3.05) is 6.61 Å². The van der Waals surface area contributed by atoms with E-state index in [4.69, 9.17) is 24.5 Å². The number of rotatable bonds is 6. The molecule has 0 radical (unpaired) electrons. The number of pyridine rings is 1. The first kappa shape index (κ1) is 28.8. The lowest BCUT2D eigenvalue weighted by molar-refractivity contribution is -0.0365. The third-order valence-corrected chi connectivity index (χ3v) is 7.81. The number of H-pyrrole nitrogens is 1. The highest BCUT2D eigenvalue weighted by atomic mass is 19.1. The van der Waals surface area contributed by atoms with Gasteiger partial charge >= 0.3 is 6.09 Å². The Bertz CT molecular complexity index is 1810. The smallest absolute Gasteiger partial charge is 0.407 e. The predicted octanol–water partition coefficient (Wildman–Crippen LogP) is 7.38. The number of carbonyl (C=O) groups excluding carboxylic acids is 1. The SMILES string of the molecule is CCc1ncc(-c2ccc3c(c2)c(-c2nc4cc(F)ccc4[nH]2)nn3[C@@H]2CCCCO2)c(C)c1CNC(=O)OC(C)(C)C. The Labute approximate surface area is 249 Å².